The molecular weight excluding hydrogens is 270 g/mol. The number of hydrogen-bond donors (Lipinski definition) is 3. The van der Waals surface area contributed by atoms with Gasteiger partial charge in [0.2, 0.25) is 0 Å². The number of rotatable bonds is 6. The maximum Gasteiger partial charge on any atom is 0.191 e. The predicted molar refractivity (Wildman–Crippen MR) is 81.2 cm³/mol. The van der Waals surface area contributed by atoms with Gasteiger partial charge in [-0.25, -0.2) is 0 Å². The average molecular weight is 295 g/mol. The van der Waals surface area contributed by atoms with Crippen molar-refractivity contribution in [3.05, 3.63) is 24.2 Å². The summed E-state index contributed by atoms with van der Waals surface area (Å²) in [5, 5.41) is 16.3. The first-order valence-electron chi connectivity index (χ1n) is 7.50. The van der Waals surface area contributed by atoms with Crippen LogP contribution >= 0.6 is 0 Å². The molecule has 2 unspecified atom stereocenters. The van der Waals surface area contributed by atoms with Crippen LogP contribution in [0.4, 0.5) is 0 Å². The van der Waals surface area contributed by atoms with Crippen molar-refractivity contribution in [1.82, 2.24) is 10.6 Å². The van der Waals surface area contributed by atoms with E-state index in [1.807, 2.05) is 6.92 Å². The number of guanidine groups is 1. The van der Waals surface area contributed by atoms with E-state index >= 15 is 0 Å². The number of aliphatic imine (C=N–C) groups is 1. The highest BCUT2D eigenvalue weighted by Gasteiger charge is 2.29. The zero-order chi connectivity index (χ0) is 15.1. The summed E-state index contributed by atoms with van der Waals surface area (Å²) in [7, 11) is 0. The molecular formula is C15H25N3O3. The summed E-state index contributed by atoms with van der Waals surface area (Å²) in [4.78, 5) is 4.55. The standard InChI is InChI=1S/C15H25N3O3/c1-3-16-14(18-11-15(2)7-5-9-21-15)17-10-12(19)13-6-4-8-20-13/h4,6,8,12,19H,3,5,7,9-11H2,1-2H3,(H2,16,17,18). The van der Waals surface area contributed by atoms with Crippen LogP contribution in [-0.4, -0.2) is 42.9 Å². The van der Waals surface area contributed by atoms with E-state index in [9.17, 15) is 5.11 Å². The molecule has 0 spiro atoms. The summed E-state index contributed by atoms with van der Waals surface area (Å²) < 4.78 is 10.9. The second-order valence-electron chi connectivity index (χ2n) is 5.51. The number of nitrogens with one attached hydrogen (secondary N) is 2. The van der Waals surface area contributed by atoms with Crippen LogP contribution in [0.5, 0.6) is 0 Å². The summed E-state index contributed by atoms with van der Waals surface area (Å²) in [5.41, 5.74) is -0.165. The third-order valence-electron chi connectivity index (χ3n) is 3.55. The minimum absolute atomic E-state index is 0.165. The van der Waals surface area contributed by atoms with Gasteiger partial charge in [0.1, 0.15) is 11.9 Å². The second-order valence-corrected chi connectivity index (χ2v) is 5.51. The van der Waals surface area contributed by atoms with Crippen LogP contribution in [0.25, 0.3) is 0 Å². The quantitative estimate of drug-likeness (QED) is 0.547. The number of ether oxygens (including phenoxy) is 1. The highest BCUT2D eigenvalue weighted by molar-refractivity contribution is 5.79. The molecule has 1 fully saturated rings. The van der Waals surface area contributed by atoms with Crippen molar-refractivity contribution in [2.75, 3.05) is 26.2 Å². The molecule has 0 saturated carbocycles. The first-order valence-corrected chi connectivity index (χ1v) is 7.50. The minimum Gasteiger partial charge on any atom is -0.467 e. The maximum absolute atomic E-state index is 9.99. The molecule has 1 aliphatic rings. The van der Waals surface area contributed by atoms with Crippen LogP contribution in [0.2, 0.25) is 0 Å². The average Bonchev–Trinajstić information content (AvgIpc) is 3.13. The van der Waals surface area contributed by atoms with Crippen LogP contribution in [0.15, 0.2) is 27.8 Å². The Hall–Kier alpha value is -1.53. The van der Waals surface area contributed by atoms with Crippen LogP contribution in [0, 0.1) is 0 Å². The van der Waals surface area contributed by atoms with Crippen molar-refractivity contribution < 1.29 is 14.3 Å². The molecule has 2 rings (SSSR count). The molecule has 1 aromatic heterocycles. The summed E-state index contributed by atoms with van der Waals surface area (Å²) in [6, 6.07) is 3.51. The Morgan fingerprint density at radius 2 is 2.38 bits per heavy atom. The van der Waals surface area contributed by atoms with Gasteiger partial charge in [0.15, 0.2) is 5.96 Å². The minimum atomic E-state index is -0.692. The first-order chi connectivity index (χ1) is 10.1. The van der Waals surface area contributed by atoms with Crippen molar-refractivity contribution in [2.24, 2.45) is 4.99 Å². The van der Waals surface area contributed by atoms with E-state index in [-0.39, 0.29) is 5.60 Å². The first kappa shape index (κ1) is 15.9. The van der Waals surface area contributed by atoms with Crippen LogP contribution < -0.4 is 10.6 Å². The topological polar surface area (TPSA) is 79.0 Å². The molecule has 2 atom stereocenters. The number of nitrogens with zero attached hydrogens (tertiary/aromatic N) is 1. The van der Waals surface area contributed by atoms with Crippen LogP contribution in [0.1, 0.15) is 38.6 Å². The molecule has 0 radical (unpaired) electrons. The lowest BCUT2D eigenvalue weighted by atomic mass is 10.0. The molecule has 2 heterocycles. The van der Waals surface area contributed by atoms with E-state index in [0.29, 0.717) is 24.8 Å². The number of aliphatic hydroxyl groups is 1. The molecule has 6 heteroatoms. The summed E-state index contributed by atoms with van der Waals surface area (Å²) >= 11 is 0. The van der Waals surface area contributed by atoms with Crippen LogP contribution in [-0.2, 0) is 4.74 Å². The van der Waals surface area contributed by atoms with Gasteiger partial charge in [-0.3, -0.25) is 4.99 Å². The molecule has 0 bridgehead atoms. The molecule has 0 aliphatic carbocycles. The van der Waals surface area contributed by atoms with Crippen molar-refractivity contribution in [3.63, 3.8) is 0 Å². The SMILES string of the molecule is CCNC(=NCC1(C)CCCO1)NCC(O)c1ccco1. The molecule has 118 valence electrons. The fraction of sp³-hybridized carbons (Fsp3) is 0.667. The Kier molecular flexibility index (Phi) is 5.64. The summed E-state index contributed by atoms with van der Waals surface area (Å²) in [5.74, 6) is 1.23. The van der Waals surface area contributed by atoms with E-state index < -0.39 is 6.10 Å². The van der Waals surface area contributed by atoms with Gasteiger partial charge in [0, 0.05) is 13.2 Å². The normalized spacial score (nSPS) is 24.0. The number of aliphatic hydroxyl groups excluding tert-OH is 1. The lowest BCUT2D eigenvalue weighted by Crippen LogP contribution is -2.40. The Morgan fingerprint density at radius 1 is 1.52 bits per heavy atom. The maximum atomic E-state index is 9.99. The molecule has 3 N–H and O–H groups in total. The van der Waals surface area contributed by atoms with Gasteiger partial charge in [0.05, 0.1) is 25.0 Å². The Labute approximate surface area is 125 Å². The van der Waals surface area contributed by atoms with Gasteiger partial charge in [0.25, 0.3) is 0 Å². The number of furan rings is 1. The molecule has 0 amide bonds. The fourth-order valence-electron chi connectivity index (χ4n) is 2.32. The van der Waals surface area contributed by atoms with Gasteiger partial charge in [-0.1, -0.05) is 0 Å². The Morgan fingerprint density at radius 3 is 3.00 bits per heavy atom. The third kappa shape index (κ3) is 4.75. The molecule has 1 saturated heterocycles. The highest BCUT2D eigenvalue weighted by Crippen LogP contribution is 2.25. The van der Waals surface area contributed by atoms with E-state index in [1.165, 1.54) is 0 Å². The van der Waals surface area contributed by atoms with Crippen molar-refractivity contribution in [1.29, 1.82) is 0 Å². The monoisotopic (exact) mass is 295 g/mol. The fourth-order valence-corrected chi connectivity index (χ4v) is 2.32. The Bertz CT molecular complexity index is 439. The van der Waals surface area contributed by atoms with Gasteiger partial charge >= 0.3 is 0 Å². The largest absolute Gasteiger partial charge is 0.467 e. The molecule has 0 aromatic carbocycles. The second kappa shape index (κ2) is 7.47. The van der Waals surface area contributed by atoms with Crippen LogP contribution in [0.3, 0.4) is 0 Å². The van der Waals surface area contributed by atoms with Crippen molar-refractivity contribution >= 4 is 5.96 Å². The molecule has 6 nitrogen and oxygen atoms in total. The van der Waals surface area contributed by atoms with E-state index in [4.69, 9.17) is 9.15 Å². The van der Waals surface area contributed by atoms with Gasteiger partial charge < -0.3 is 24.9 Å². The van der Waals surface area contributed by atoms with Crippen molar-refractivity contribution in [3.8, 4) is 0 Å². The van der Waals surface area contributed by atoms with E-state index in [2.05, 4.69) is 22.5 Å². The van der Waals surface area contributed by atoms with E-state index in [0.717, 1.165) is 26.0 Å². The van der Waals surface area contributed by atoms with Gasteiger partial charge in [-0.2, -0.15) is 0 Å². The zero-order valence-corrected chi connectivity index (χ0v) is 12.8. The number of hydrogen-bond acceptors (Lipinski definition) is 4. The molecule has 21 heavy (non-hydrogen) atoms. The summed E-state index contributed by atoms with van der Waals surface area (Å²) in [6.45, 7) is 6.63. The van der Waals surface area contributed by atoms with Gasteiger partial charge in [-0.05, 0) is 38.8 Å². The third-order valence-corrected chi connectivity index (χ3v) is 3.55. The Balaban J connectivity index is 1.86. The predicted octanol–water partition coefficient (Wildman–Crippen LogP) is 1.44. The lowest BCUT2D eigenvalue weighted by molar-refractivity contribution is 0.0283. The highest BCUT2D eigenvalue weighted by atomic mass is 16.5. The molecule has 1 aliphatic heterocycles. The lowest BCUT2D eigenvalue weighted by Gasteiger charge is -2.21. The molecule has 1 aromatic rings. The summed E-state index contributed by atoms with van der Waals surface area (Å²) in [6.07, 6.45) is 2.98. The van der Waals surface area contributed by atoms with Gasteiger partial charge in [-0.15, -0.1) is 0 Å². The smallest absolute Gasteiger partial charge is 0.191 e. The van der Waals surface area contributed by atoms with Crippen molar-refractivity contribution in [2.45, 2.75) is 38.4 Å². The van der Waals surface area contributed by atoms with E-state index in [1.54, 1.807) is 18.4 Å². The zero-order valence-electron chi connectivity index (χ0n) is 12.8.